The van der Waals surface area contributed by atoms with Gasteiger partial charge in [-0.15, -0.1) is 0 Å². The van der Waals surface area contributed by atoms with Gasteiger partial charge in [0, 0.05) is 6.54 Å². The molecule has 0 radical (unpaired) electrons. The van der Waals surface area contributed by atoms with Gasteiger partial charge < -0.3 is 14.8 Å². The SMILES string of the molecule is CCCCCOc1ccc(CNc2ccccc2OCCCC)cc1. The van der Waals surface area contributed by atoms with Gasteiger partial charge in [-0.25, -0.2) is 0 Å². The molecule has 2 rings (SSSR count). The third kappa shape index (κ3) is 7.08. The summed E-state index contributed by atoms with van der Waals surface area (Å²) in [4.78, 5) is 0. The number of benzene rings is 2. The average molecular weight is 341 g/mol. The van der Waals surface area contributed by atoms with Crippen LogP contribution in [0.1, 0.15) is 51.5 Å². The van der Waals surface area contributed by atoms with E-state index in [1.54, 1.807) is 0 Å². The number of rotatable bonds is 12. The van der Waals surface area contributed by atoms with Gasteiger partial charge in [0.25, 0.3) is 0 Å². The van der Waals surface area contributed by atoms with Crippen molar-refractivity contribution in [3.05, 3.63) is 54.1 Å². The molecule has 0 saturated heterocycles. The summed E-state index contributed by atoms with van der Waals surface area (Å²) in [5, 5.41) is 3.47. The molecular weight excluding hydrogens is 310 g/mol. The maximum Gasteiger partial charge on any atom is 0.142 e. The molecule has 0 bridgehead atoms. The molecule has 3 nitrogen and oxygen atoms in total. The molecule has 0 aromatic heterocycles. The fourth-order valence-electron chi connectivity index (χ4n) is 2.51. The van der Waals surface area contributed by atoms with E-state index in [9.17, 15) is 0 Å². The van der Waals surface area contributed by atoms with Crippen molar-refractivity contribution in [2.24, 2.45) is 0 Å². The number of unbranched alkanes of at least 4 members (excludes halogenated alkanes) is 3. The van der Waals surface area contributed by atoms with Crippen molar-refractivity contribution in [3.63, 3.8) is 0 Å². The van der Waals surface area contributed by atoms with Crippen LogP contribution in [0.25, 0.3) is 0 Å². The lowest BCUT2D eigenvalue weighted by Crippen LogP contribution is -2.04. The quantitative estimate of drug-likeness (QED) is 0.477. The van der Waals surface area contributed by atoms with E-state index in [2.05, 4.69) is 37.4 Å². The van der Waals surface area contributed by atoms with Crippen LogP contribution in [0.15, 0.2) is 48.5 Å². The van der Waals surface area contributed by atoms with E-state index in [0.717, 1.165) is 56.2 Å². The zero-order valence-electron chi connectivity index (χ0n) is 15.6. The Bertz CT molecular complexity index is 595. The Hall–Kier alpha value is -2.16. The second kappa shape index (κ2) is 11.4. The Labute approximate surface area is 152 Å². The number of hydrogen-bond donors (Lipinski definition) is 1. The summed E-state index contributed by atoms with van der Waals surface area (Å²) in [5.41, 5.74) is 2.27. The summed E-state index contributed by atoms with van der Waals surface area (Å²) in [6.45, 7) is 6.71. The number of ether oxygens (including phenoxy) is 2. The van der Waals surface area contributed by atoms with Crippen molar-refractivity contribution in [2.75, 3.05) is 18.5 Å². The van der Waals surface area contributed by atoms with Gasteiger partial charge in [0.05, 0.1) is 18.9 Å². The van der Waals surface area contributed by atoms with Crippen LogP contribution < -0.4 is 14.8 Å². The number of para-hydroxylation sites is 2. The van der Waals surface area contributed by atoms with Crippen molar-refractivity contribution < 1.29 is 9.47 Å². The van der Waals surface area contributed by atoms with Crippen LogP contribution in [0, 0.1) is 0 Å². The standard InChI is InChI=1S/C22H31NO2/c1-3-5-9-17-24-20-14-12-19(13-15-20)18-23-21-10-7-8-11-22(21)25-16-6-4-2/h7-8,10-15,23H,3-6,9,16-18H2,1-2H3. The van der Waals surface area contributed by atoms with E-state index in [1.165, 1.54) is 18.4 Å². The Morgan fingerprint density at radius 1 is 0.760 bits per heavy atom. The Morgan fingerprint density at radius 2 is 1.48 bits per heavy atom. The number of hydrogen-bond acceptors (Lipinski definition) is 3. The third-order valence-corrected chi connectivity index (χ3v) is 4.07. The molecule has 3 heteroatoms. The van der Waals surface area contributed by atoms with Crippen LogP contribution in [0.5, 0.6) is 11.5 Å². The summed E-state index contributed by atoms with van der Waals surface area (Å²) in [6, 6.07) is 16.4. The predicted octanol–water partition coefficient (Wildman–Crippen LogP) is 6.05. The van der Waals surface area contributed by atoms with E-state index in [4.69, 9.17) is 9.47 Å². The topological polar surface area (TPSA) is 30.5 Å². The van der Waals surface area contributed by atoms with Gasteiger partial charge in [-0.05, 0) is 42.7 Å². The summed E-state index contributed by atoms with van der Waals surface area (Å²) < 4.78 is 11.6. The third-order valence-electron chi connectivity index (χ3n) is 4.07. The molecule has 2 aromatic carbocycles. The Kier molecular flexibility index (Phi) is 8.74. The van der Waals surface area contributed by atoms with Crippen LogP contribution in [0.2, 0.25) is 0 Å². The molecule has 136 valence electrons. The summed E-state index contributed by atoms with van der Waals surface area (Å²) in [6.07, 6.45) is 5.78. The molecule has 0 aliphatic rings. The smallest absolute Gasteiger partial charge is 0.142 e. The van der Waals surface area contributed by atoms with Crippen LogP contribution in [-0.4, -0.2) is 13.2 Å². The summed E-state index contributed by atoms with van der Waals surface area (Å²) in [7, 11) is 0. The first-order chi connectivity index (χ1) is 12.3. The fraction of sp³-hybridized carbons (Fsp3) is 0.455. The zero-order valence-corrected chi connectivity index (χ0v) is 15.6. The Morgan fingerprint density at radius 3 is 2.24 bits per heavy atom. The highest BCUT2D eigenvalue weighted by atomic mass is 16.5. The monoisotopic (exact) mass is 341 g/mol. The van der Waals surface area contributed by atoms with Gasteiger partial charge >= 0.3 is 0 Å². The first-order valence-corrected chi connectivity index (χ1v) is 9.51. The molecule has 2 aromatic rings. The fourth-order valence-corrected chi connectivity index (χ4v) is 2.51. The molecule has 0 aliphatic carbocycles. The van der Waals surface area contributed by atoms with Gasteiger partial charge in [0.1, 0.15) is 11.5 Å². The minimum absolute atomic E-state index is 0.763. The van der Waals surface area contributed by atoms with Crippen LogP contribution in [0.4, 0.5) is 5.69 Å². The number of nitrogens with one attached hydrogen (secondary N) is 1. The average Bonchev–Trinajstić information content (AvgIpc) is 2.66. The van der Waals surface area contributed by atoms with Gasteiger partial charge in [0.2, 0.25) is 0 Å². The van der Waals surface area contributed by atoms with E-state index in [-0.39, 0.29) is 0 Å². The predicted molar refractivity (Wildman–Crippen MR) is 106 cm³/mol. The minimum Gasteiger partial charge on any atom is -0.494 e. The van der Waals surface area contributed by atoms with Crippen molar-refractivity contribution in [1.29, 1.82) is 0 Å². The molecule has 0 fully saturated rings. The molecule has 0 aliphatic heterocycles. The largest absolute Gasteiger partial charge is 0.494 e. The van der Waals surface area contributed by atoms with Gasteiger partial charge in [-0.1, -0.05) is 57.4 Å². The number of anilines is 1. The maximum absolute atomic E-state index is 5.87. The van der Waals surface area contributed by atoms with Crippen molar-refractivity contribution >= 4 is 5.69 Å². The van der Waals surface area contributed by atoms with Crippen LogP contribution >= 0.6 is 0 Å². The molecule has 0 amide bonds. The Balaban J connectivity index is 1.82. The highest BCUT2D eigenvalue weighted by Gasteiger charge is 2.03. The van der Waals surface area contributed by atoms with Gasteiger partial charge in [-0.2, -0.15) is 0 Å². The van der Waals surface area contributed by atoms with Crippen molar-refractivity contribution in [1.82, 2.24) is 0 Å². The highest BCUT2D eigenvalue weighted by molar-refractivity contribution is 5.56. The molecule has 25 heavy (non-hydrogen) atoms. The van der Waals surface area contributed by atoms with E-state index >= 15 is 0 Å². The first-order valence-electron chi connectivity index (χ1n) is 9.51. The second-order valence-electron chi connectivity index (χ2n) is 6.25. The van der Waals surface area contributed by atoms with Gasteiger partial charge in [-0.3, -0.25) is 0 Å². The van der Waals surface area contributed by atoms with Crippen molar-refractivity contribution in [2.45, 2.75) is 52.5 Å². The molecule has 0 unspecified atom stereocenters. The zero-order chi connectivity index (χ0) is 17.7. The lowest BCUT2D eigenvalue weighted by atomic mass is 10.2. The first kappa shape index (κ1) is 19.2. The molecule has 0 heterocycles. The highest BCUT2D eigenvalue weighted by Crippen LogP contribution is 2.25. The molecule has 0 atom stereocenters. The van der Waals surface area contributed by atoms with Crippen LogP contribution in [-0.2, 0) is 6.54 Å². The van der Waals surface area contributed by atoms with Gasteiger partial charge in [0.15, 0.2) is 0 Å². The molecule has 0 spiro atoms. The molecule has 1 N–H and O–H groups in total. The lowest BCUT2D eigenvalue weighted by Gasteiger charge is -2.13. The lowest BCUT2D eigenvalue weighted by molar-refractivity contribution is 0.306. The normalized spacial score (nSPS) is 10.5. The van der Waals surface area contributed by atoms with Crippen molar-refractivity contribution in [3.8, 4) is 11.5 Å². The van der Waals surface area contributed by atoms with E-state index in [1.807, 2.05) is 30.3 Å². The van der Waals surface area contributed by atoms with E-state index in [0.29, 0.717) is 0 Å². The summed E-state index contributed by atoms with van der Waals surface area (Å²) in [5.74, 6) is 1.87. The minimum atomic E-state index is 0.763. The molecular formula is C22H31NO2. The molecule has 0 saturated carbocycles. The maximum atomic E-state index is 5.87. The van der Waals surface area contributed by atoms with Crippen LogP contribution in [0.3, 0.4) is 0 Å². The second-order valence-corrected chi connectivity index (χ2v) is 6.25. The van der Waals surface area contributed by atoms with E-state index < -0.39 is 0 Å². The summed E-state index contributed by atoms with van der Waals surface area (Å²) >= 11 is 0.